The number of nitrogens with one attached hydrogen (secondary N) is 2. The summed E-state index contributed by atoms with van der Waals surface area (Å²) >= 11 is 0. The van der Waals surface area contributed by atoms with Gasteiger partial charge in [-0.05, 0) is 56.3 Å². The van der Waals surface area contributed by atoms with Crippen molar-refractivity contribution >= 4 is 29.2 Å². The maximum atomic E-state index is 13.1. The Hall–Kier alpha value is -3.81. The van der Waals surface area contributed by atoms with E-state index in [1.807, 2.05) is 0 Å². The zero-order chi connectivity index (χ0) is 20.8. The van der Waals surface area contributed by atoms with E-state index < -0.39 is 11.9 Å². The van der Waals surface area contributed by atoms with Crippen molar-refractivity contribution in [2.45, 2.75) is 13.8 Å². The van der Waals surface area contributed by atoms with Crippen molar-refractivity contribution < 1.29 is 18.7 Å². The van der Waals surface area contributed by atoms with Crippen molar-refractivity contribution in [1.82, 2.24) is 9.97 Å². The molecule has 0 atom stereocenters. The third-order valence-electron chi connectivity index (χ3n) is 3.86. The van der Waals surface area contributed by atoms with Crippen LogP contribution in [0.1, 0.15) is 33.5 Å². The van der Waals surface area contributed by atoms with Crippen LogP contribution in [-0.4, -0.2) is 28.5 Å². The van der Waals surface area contributed by atoms with Gasteiger partial charge in [0.05, 0.1) is 17.9 Å². The monoisotopic (exact) mass is 394 g/mol. The minimum Gasteiger partial charge on any atom is -0.462 e. The van der Waals surface area contributed by atoms with Gasteiger partial charge in [0.25, 0.3) is 5.91 Å². The smallest absolute Gasteiger partial charge is 0.340 e. The summed E-state index contributed by atoms with van der Waals surface area (Å²) in [4.78, 5) is 33.3. The first-order valence-corrected chi connectivity index (χ1v) is 8.92. The molecule has 1 amide bonds. The zero-order valence-electron chi connectivity index (χ0n) is 15.9. The first kappa shape index (κ1) is 19.9. The molecule has 0 bridgehead atoms. The lowest BCUT2D eigenvalue weighted by Gasteiger charge is -2.11. The highest BCUT2D eigenvalue weighted by molar-refractivity contribution is 6.07. The van der Waals surface area contributed by atoms with Crippen LogP contribution in [0.4, 0.5) is 21.7 Å². The molecular formula is C21H19FN4O3. The van der Waals surface area contributed by atoms with Gasteiger partial charge >= 0.3 is 5.97 Å². The fourth-order valence-electron chi connectivity index (χ4n) is 2.57. The molecule has 3 aromatic rings. The number of hydrogen-bond donors (Lipinski definition) is 2. The molecule has 2 N–H and O–H groups in total. The predicted molar refractivity (Wildman–Crippen MR) is 107 cm³/mol. The molecule has 148 valence electrons. The van der Waals surface area contributed by atoms with Crippen molar-refractivity contribution in [2.75, 3.05) is 17.2 Å². The lowest BCUT2D eigenvalue weighted by atomic mass is 10.1. The van der Waals surface area contributed by atoms with E-state index in [2.05, 4.69) is 20.6 Å². The number of carbonyl (C=O) groups excluding carboxylic acids is 2. The Kier molecular flexibility index (Phi) is 6.13. The Morgan fingerprint density at radius 3 is 2.52 bits per heavy atom. The van der Waals surface area contributed by atoms with Crippen LogP contribution in [0.25, 0.3) is 0 Å². The molecule has 0 aliphatic heterocycles. The summed E-state index contributed by atoms with van der Waals surface area (Å²) in [5, 5.41) is 5.62. The summed E-state index contributed by atoms with van der Waals surface area (Å²) in [5.41, 5.74) is 1.82. The van der Waals surface area contributed by atoms with E-state index in [1.165, 1.54) is 30.3 Å². The van der Waals surface area contributed by atoms with Gasteiger partial charge in [0.1, 0.15) is 11.5 Å². The van der Waals surface area contributed by atoms with Crippen LogP contribution in [-0.2, 0) is 4.74 Å². The fraction of sp³-hybridized carbons (Fsp3) is 0.143. The summed E-state index contributed by atoms with van der Waals surface area (Å²) in [7, 11) is 0. The molecule has 0 fully saturated rings. The van der Waals surface area contributed by atoms with E-state index in [-0.39, 0.29) is 29.6 Å². The lowest BCUT2D eigenvalue weighted by molar-refractivity contribution is 0.0527. The van der Waals surface area contributed by atoms with E-state index >= 15 is 0 Å². The number of aromatic nitrogens is 2. The van der Waals surface area contributed by atoms with Gasteiger partial charge in [0.2, 0.25) is 5.95 Å². The van der Waals surface area contributed by atoms with Crippen LogP contribution in [0.5, 0.6) is 0 Å². The molecule has 1 aromatic heterocycles. The number of nitrogens with zero attached hydrogens (tertiary/aromatic N) is 2. The van der Waals surface area contributed by atoms with Crippen LogP contribution in [0.15, 0.2) is 54.6 Å². The Balaban J connectivity index is 1.82. The third kappa shape index (κ3) is 5.13. The van der Waals surface area contributed by atoms with Crippen molar-refractivity contribution in [3.05, 3.63) is 77.4 Å². The molecule has 0 spiro atoms. The summed E-state index contributed by atoms with van der Waals surface area (Å²) in [6.07, 6.45) is 0. The lowest BCUT2D eigenvalue weighted by Crippen LogP contribution is -2.18. The molecule has 0 radical (unpaired) electrons. The summed E-state index contributed by atoms with van der Waals surface area (Å²) in [6.45, 7) is 3.66. The average Bonchev–Trinajstić information content (AvgIpc) is 2.70. The first-order valence-electron chi connectivity index (χ1n) is 8.92. The Bertz CT molecular complexity index is 1040. The molecular weight excluding hydrogens is 375 g/mol. The molecule has 29 heavy (non-hydrogen) atoms. The molecule has 7 nitrogen and oxygen atoms in total. The van der Waals surface area contributed by atoms with E-state index in [9.17, 15) is 14.0 Å². The fourth-order valence-corrected chi connectivity index (χ4v) is 2.57. The van der Waals surface area contributed by atoms with Gasteiger partial charge in [-0.25, -0.2) is 19.2 Å². The van der Waals surface area contributed by atoms with E-state index in [1.54, 1.807) is 38.1 Å². The normalized spacial score (nSPS) is 10.3. The minimum atomic E-state index is -0.527. The highest BCUT2D eigenvalue weighted by Gasteiger charge is 2.16. The SMILES string of the molecule is CCOC(=O)c1ccccc1NC(=O)c1cc(C)nc(Nc2ccc(F)cc2)n1. The van der Waals surface area contributed by atoms with E-state index in [0.717, 1.165) is 0 Å². The molecule has 3 rings (SSSR count). The Labute approximate surface area is 167 Å². The Morgan fingerprint density at radius 2 is 1.79 bits per heavy atom. The number of benzene rings is 2. The second-order valence-corrected chi connectivity index (χ2v) is 6.07. The highest BCUT2D eigenvalue weighted by atomic mass is 19.1. The molecule has 0 aliphatic carbocycles. The number of anilines is 3. The molecule has 2 aromatic carbocycles. The van der Waals surface area contributed by atoms with Gasteiger partial charge in [0, 0.05) is 11.4 Å². The van der Waals surface area contributed by atoms with Crippen molar-refractivity contribution in [3.63, 3.8) is 0 Å². The van der Waals surface area contributed by atoms with Crippen LogP contribution in [0.3, 0.4) is 0 Å². The Morgan fingerprint density at radius 1 is 1.07 bits per heavy atom. The highest BCUT2D eigenvalue weighted by Crippen LogP contribution is 2.19. The van der Waals surface area contributed by atoms with Crippen LogP contribution >= 0.6 is 0 Å². The molecule has 1 heterocycles. The molecule has 0 saturated heterocycles. The number of para-hydroxylation sites is 1. The maximum absolute atomic E-state index is 13.1. The number of hydrogen-bond acceptors (Lipinski definition) is 6. The summed E-state index contributed by atoms with van der Waals surface area (Å²) < 4.78 is 18.1. The number of aryl methyl sites for hydroxylation is 1. The van der Waals surface area contributed by atoms with Gasteiger partial charge in [-0.1, -0.05) is 12.1 Å². The average molecular weight is 394 g/mol. The quantitative estimate of drug-likeness (QED) is 0.612. The second kappa shape index (κ2) is 8.92. The van der Waals surface area contributed by atoms with Gasteiger partial charge in [-0.15, -0.1) is 0 Å². The van der Waals surface area contributed by atoms with Gasteiger partial charge < -0.3 is 15.4 Å². The molecule has 0 unspecified atom stereocenters. The molecule has 0 saturated carbocycles. The maximum Gasteiger partial charge on any atom is 0.340 e. The van der Waals surface area contributed by atoms with Crippen LogP contribution < -0.4 is 10.6 Å². The summed E-state index contributed by atoms with van der Waals surface area (Å²) in [5.74, 6) is -1.20. The van der Waals surface area contributed by atoms with Crippen LogP contribution in [0, 0.1) is 12.7 Å². The van der Waals surface area contributed by atoms with Gasteiger partial charge in [-0.3, -0.25) is 4.79 Å². The van der Waals surface area contributed by atoms with E-state index in [4.69, 9.17) is 4.74 Å². The van der Waals surface area contributed by atoms with Crippen molar-refractivity contribution in [3.8, 4) is 0 Å². The molecule has 8 heteroatoms. The number of carbonyl (C=O) groups is 2. The number of esters is 1. The van der Waals surface area contributed by atoms with Crippen molar-refractivity contribution in [1.29, 1.82) is 0 Å². The molecule has 0 aliphatic rings. The predicted octanol–water partition coefficient (Wildman–Crippen LogP) is 4.10. The zero-order valence-corrected chi connectivity index (χ0v) is 15.9. The largest absolute Gasteiger partial charge is 0.462 e. The minimum absolute atomic E-state index is 0.112. The van der Waals surface area contributed by atoms with Crippen molar-refractivity contribution in [2.24, 2.45) is 0 Å². The first-order chi connectivity index (χ1) is 14.0. The van der Waals surface area contributed by atoms with Crippen LogP contribution in [0.2, 0.25) is 0 Å². The van der Waals surface area contributed by atoms with Gasteiger partial charge in [0.15, 0.2) is 0 Å². The van der Waals surface area contributed by atoms with Gasteiger partial charge in [-0.2, -0.15) is 0 Å². The third-order valence-corrected chi connectivity index (χ3v) is 3.86. The number of amides is 1. The van der Waals surface area contributed by atoms with E-state index in [0.29, 0.717) is 17.1 Å². The number of rotatable bonds is 6. The summed E-state index contributed by atoms with van der Waals surface area (Å²) in [6, 6.07) is 13.8. The topological polar surface area (TPSA) is 93.2 Å². The second-order valence-electron chi connectivity index (χ2n) is 6.07. The standard InChI is InChI=1S/C21H19FN4O3/c1-3-29-20(28)16-6-4-5-7-17(16)25-19(27)18-12-13(2)23-21(26-18)24-15-10-8-14(22)9-11-15/h4-12H,3H2,1-2H3,(H,25,27)(H,23,24,26). The number of halogens is 1. The number of ether oxygens (including phenoxy) is 1.